The molecule has 0 radical (unpaired) electrons. The highest BCUT2D eigenvalue weighted by Crippen LogP contribution is 2.34. The Morgan fingerprint density at radius 1 is 1.07 bits per heavy atom. The van der Waals surface area contributed by atoms with E-state index in [0.29, 0.717) is 6.42 Å². The Bertz CT molecular complexity index is 967. The fourth-order valence-electron chi connectivity index (χ4n) is 4.65. The van der Waals surface area contributed by atoms with Gasteiger partial charge in [-0.25, -0.2) is 4.98 Å². The summed E-state index contributed by atoms with van der Waals surface area (Å²) in [6, 6.07) is 10.3. The van der Waals surface area contributed by atoms with Gasteiger partial charge in [-0.3, -0.25) is 14.2 Å². The van der Waals surface area contributed by atoms with Gasteiger partial charge in [-0.2, -0.15) is 0 Å². The van der Waals surface area contributed by atoms with E-state index in [-0.39, 0.29) is 17.5 Å². The van der Waals surface area contributed by atoms with E-state index in [0.717, 1.165) is 74.0 Å². The summed E-state index contributed by atoms with van der Waals surface area (Å²) in [6.45, 7) is 3.16. The second-order valence-corrected chi connectivity index (χ2v) is 9.06. The van der Waals surface area contributed by atoms with Crippen LogP contribution in [-0.2, 0) is 17.6 Å². The van der Waals surface area contributed by atoms with Crippen molar-refractivity contribution in [2.75, 3.05) is 36.8 Å². The Morgan fingerprint density at radius 2 is 1.83 bits per heavy atom. The van der Waals surface area contributed by atoms with Gasteiger partial charge in [-0.05, 0) is 37.8 Å². The lowest BCUT2D eigenvalue weighted by Crippen LogP contribution is -2.49. The first-order valence-electron chi connectivity index (χ1n) is 10.6. The Hall–Kier alpha value is -2.28. The molecule has 0 N–H and O–H groups in total. The van der Waals surface area contributed by atoms with E-state index >= 15 is 0 Å². The third-order valence-electron chi connectivity index (χ3n) is 6.29. The predicted molar refractivity (Wildman–Crippen MR) is 115 cm³/mol. The summed E-state index contributed by atoms with van der Waals surface area (Å²) in [7, 11) is 0. The number of hydrogen-bond acceptors (Lipinski definition) is 5. The topological polar surface area (TPSA) is 58.4 Å². The Morgan fingerprint density at radius 3 is 2.62 bits per heavy atom. The minimum atomic E-state index is -0.0677. The van der Waals surface area contributed by atoms with Gasteiger partial charge in [0.2, 0.25) is 5.91 Å². The smallest absolute Gasteiger partial charge is 0.257 e. The van der Waals surface area contributed by atoms with E-state index in [1.54, 1.807) is 11.8 Å². The van der Waals surface area contributed by atoms with Gasteiger partial charge in [0.05, 0.1) is 11.7 Å². The second-order valence-electron chi connectivity index (χ2n) is 8.07. The number of para-hydroxylation sites is 1. The van der Waals surface area contributed by atoms with Gasteiger partial charge < -0.3 is 9.80 Å². The summed E-state index contributed by atoms with van der Waals surface area (Å²) in [4.78, 5) is 35.1. The summed E-state index contributed by atoms with van der Waals surface area (Å²) in [5, 5.41) is 0.808. The first-order valence-corrected chi connectivity index (χ1v) is 11.5. The maximum absolute atomic E-state index is 13.1. The number of aryl methyl sites for hydroxylation is 1. The minimum absolute atomic E-state index is 0.0677. The fraction of sp³-hybridized carbons (Fsp3) is 0.500. The summed E-state index contributed by atoms with van der Waals surface area (Å²) in [5.41, 5.74) is 3.19. The van der Waals surface area contributed by atoms with Crippen LogP contribution in [0.15, 0.2) is 40.3 Å². The predicted octanol–water partition coefficient (Wildman–Crippen LogP) is 2.51. The van der Waals surface area contributed by atoms with Crippen LogP contribution in [0.2, 0.25) is 0 Å². The van der Waals surface area contributed by atoms with E-state index < -0.39 is 0 Å². The van der Waals surface area contributed by atoms with Crippen molar-refractivity contribution in [3.8, 4) is 0 Å². The molecule has 1 fully saturated rings. The van der Waals surface area contributed by atoms with Gasteiger partial charge in [-0.1, -0.05) is 30.0 Å². The molecule has 2 aromatic rings. The number of nitrogens with zero attached hydrogens (tertiary/aromatic N) is 4. The van der Waals surface area contributed by atoms with E-state index in [1.165, 1.54) is 5.69 Å². The lowest BCUT2D eigenvalue weighted by Gasteiger charge is -2.36. The Labute approximate surface area is 174 Å². The maximum atomic E-state index is 13.1. The third-order valence-corrected chi connectivity index (χ3v) is 7.38. The highest BCUT2D eigenvalue weighted by molar-refractivity contribution is 7.99. The van der Waals surface area contributed by atoms with Crippen molar-refractivity contribution in [3.05, 3.63) is 51.9 Å². The van der Waals surface area contributed by atoms with Crippen molar-refractivity contribution < 1.29 is 4.79 Å². The van der Waals surface area contributed by atoms with Gasteiger partial charge in [-0.15, -0.1) is 0 Å². The quantitative estimate of drug-likeness (QED) is 0.728. The van der Waals surface area contributed by atoms with Crippen LogP contribution in [0.5, 0.6) is 0 Å². The van der Waals surface area contributed by atoms with Crippen LogP contribution in [0.1, 0.15) is 36.6 Å². The lowest BCUT2D eigenvalue weighted by atomic mass is 9.97. The number of thioether (sulfide) groups is 1. The number of amides is 1. The zero-order chi connectivity index (χ0) is 19.8. The summed E-state index contributed by atoms with van der Waals surface area (Å²) in [5.74, 6) is 0.918. The average molecular weight is 411 g/mol. The number of piperazine rings is 1. The molecular weight excluding hydrogens is 384 g/mol. The van der Waals surface area contributed by atoms with Crippen molar-refractivity contribution in [2.45, 2.75) is 43.3 Å². The second kappa shape index (κ2) is 7.86. The van der Waals surface area contributed by atoms with Gasteiger partial charge in [0.1, 0.15) is 0 Å². The summed E-state index contributed by atoms with van der Waals surface area (Å²) >= 11 is 1.62. The zero-order valence-corrected chi connectivity index (χ0v) is 17.4. The van der Waals surface area contributed by atoms with E-state index in [4.69, 9.17) is 4.98 Å². The van der Waals surface area contributed by atoms with Gasteiger partial charge >= 0.3 is 0 Å². The number of benzene rings is 1. The van der Waals surface area contributed by atoms with Crippen LogP contribution in [0.3, 0.4) is 0 Å². The van der Waals surface area contributed by atoms with Crippen molar-refractivity contribution in [1.82, 2.24) is 14.5 Å². The molecule has 0 bridgehead atoms. The van der Waals surface area contributed by atoms with E-state index in [2.05, 4.69) is 17.0 Å². The molecule has 0 unspecified atom stereocenters. The number of carbonyl (C=O) groups is 1. The third kappa shape index (κ3) is 3.56. The molecule has 1 atom stereocenters. The number of aromatic nitrogens is 2. The van der Waals surface area contributed by atoms with Gasteiger partial charge in [0.15, 0.2) is 5.16 Å². The number of rotatable bonds is 3. The minimum Gasteiger partial charge on any atom is -0.368 e. The molecular formula is C22H26N4O2S. The molecule has 5 rings (SSSR count). The zero-order valence-electron chi connectivity index (χ0n) is 16.5. The van der Waals surface area contributed by atoms with Crippen molar-refractivity contribution in [3.63, 3.8) is 0 Å². The van der Waals surface area contributed by atoms with Gasteiger partial charge in [0.25, 0.3) is 5.56 Å². The van der Waals surface area contributed by atoms with Crippen LogP contribution < -0.4 is 10.5 Å². The molecule has 0 spiro atoms. The molecule has 1 aromatic carbocycles. The standard InChI is InChI=1S/C22H26N4O2S/c27-20(25-12-10-24(11-13-25)16-6-2-1-3-7-16)14-17-15-29-22-23-19-9-5-4-8-18(19)21(28)26(17)22/h1-3,6-7,17H,4-5,8-15H2/t17-/m0/s1. The first kappa shape index (κ1) is 18.7. The van der Waals surface area contributed by atoms with E-state index in [1.807, 2.05) is 27.7 Å². The fourth-order valence-corrected chi connectivity index (χ4v) is 5.80. The first-order chi connectivity index (χ1) is 14.2. The van der Waals surface area contributed by atoms with Crippen LogP contribution >= 0.6 is 11.8 Å². The highest BCUT2D eigenvalue weighted by atomic mass is 32.2. The molecule has 29 heavy (non-hydrogen) atoms. The van der Waals surface area contributed by atoms with Crippen molar-refractivity contribution >= 4 is 23.4 Å². The molecule has 1 saturated heterocycles. The molecule has 3 aliphatic rings. The highest BCUT2D eigenvalue weighted by Gasteiger charge is 2.32. The average Bonchev–Trinajstić information content (AvgIpc) is 3.17. The molecule has 2 aliphatic heterocycles. The molecule has 1 amide bonds. The lowest BCUT2D eigenvalue weighted by molar-refractivity contribution is -0.132. The summed E-state index contributed by atoms with van der Waals surface area (Å²) < 4.78 is 1.81. The van der Waals surface area contributed by atoms with Crippen molar-refractivity contribution in [2.24, 2.45) is 0 Å². The molecule has 152 valence electrons. The van der Waals surface area contributed by atoms with E-state index in [9.17, 15) is 9.59 Å². The molecule has 6 nitrogen and oxygen atoms in total. The summed E-state index contributed by atoms with van der Waals surface area (Å²) in [6.07, 6.45) is 4.31. The normalized spacial score (nSPS) is 21.0. The number of anilines is 1. The van der Waals surface area contributed by atoms with Gasteiger partial charge in [0, 0.05) is 49.6 Å². The maximum Gasteiger partial charge on any atom is 0.257 e. The van der Waals surface area contributed by atoms with Crippen LogP contribution in [0.25, 0.3) is 0 Å². The number of hydrogen-bond donors (Lipinski definition) is 0. The SMILES string of the molecule is O=C(C[C@H]1CSc2nc3c(c(=O)n21)CCCC3)N1CCN(c2ccccc2)CC1. The van der Waals surface area contributed by atoms with Crippen LogP contribution in [0, 0.1) is 0 Å². The van der Waals surface area contributed by atoms with Crippen molar-refractivity contribution in [1.29, 1.82) is 0 Å². The number of fused-ring (bicyclic) bond motifs is 2. The Balaban J connectivity index is 1.26. The molecule has 0 saturated carbocycles. The molecule has 1 aliphatic carbocycles. The molecule has 7 heteroatoms. The molecule has 1 aromatic heterocycles. The largest absolute Gasteiger partial charge is 0.368 e. The number of carbonyl (C=O) groups excluding carboxylic acids is 1. The monoisotopic (exact) mass is 410 g/mol. The molecule has 3 heterocycles. The van der Waals surface area contributed by atoms with Crippen LogP contribution in [0.4, 0.5) is 5.69 Å². The Kier molecular flexibility index (Phi) is 5.08. The van der Waals surface area contributed by atoms with Crippen LogP contribution in [-0.4, -0.2) is 52.3 Å².